The van der Waals surface area contributed by atoms with E-state index >= 15 is 0 Å². The van der Waals surface area contributed by atoms with E-state index in [1.165, 1.54) is 11.3 Å². The van der Waals surface area contributed by atoms with E-state index in [-0.39, 0.29) is 17.9 Å². The number of fused-ring (bicyclic) bond motifs is 1. The van der Waals surface area contributed by atoms with Crippen LogP contribution in [0.25, 0.3) is 16.2 Å². The Morgan fingerprint density at radius 1 is 1.32 bits per heavy atom. The Labute approximate surface area is 166 Å². The number of piperidine rings is 1. The second-order valence-electron chi connectivity index (χ2n) is 6.70. The number of carbonyl (C=O) groups is 2. The van der Waals surface area contributed by atoms with Crippen LogP contribution in [-0.2, 0) is 9.53 Å². The molecule has 0 bridgehead atoms. The summed E-state index contributed by atoms with van der Waals surface area (Å²) in [5.74, 6) is 0.297. The van der Waals surface area contributed by atoms with Crippen LogP contribution in [-0.4, -0.2) is 46.0 Å². The number of thiazole rings is 1. The second-order valence-corrected chi connectivity index (χ2v) is 7.58. The first-order valence-electron chi connectivity index (χ1n) is 9.41. The zero-order chi connectivity index (χ0) is 19.5. The van der Waals surface area contributed by atoms with E-state index in [9.17, 15) is 9.59 Å². The van der Waals surface area contributed by atoms with Crippen LogP contribution in [0.15, 0.2) is 41.9 Å². The van der Waals surface area contributed by atoms with Crippen molar-refractivity contribution in [3.63, 3.8) is 0 Å². The van der Waals surface area contributed by atoms with Crippen molar-refractivity contribution in [1.82, 2.24) is 14.3 Å². The van der Waals surface area contributed by atoms with Crippen molar-refractivity contribution in [2.24, 2.45) is 5.92 Å². The Hall–Kier alpha value is -2.87. The average Bonchev–Trinajstić information content (AvgIpc) is 3.31. The molecule has 2 amide bonds. The molecule has 0 radical (unpaired) electrons. The summed E-state index contributed by atoms with van der Waals surface area (Å²) in [5.41, 5.74) is 1.70. The number of amides is 2. The fourth-order valence-corrected chi connectivity index (χ4v) is 4.21. The lowest BCUT2D eigenvalue weighted by molar-refractivity contribution is -0.121. The molecule has 3 aromatic rings. The summed E-state index contributed by atoms with van der Waals surface area (Å²) in [4.78, 5) is 32.2. The van der Waals surface area contributed by atoms with Gasteiger partial charge in [-0.25, -0.2) is 9.78 Å². The third-order valence-corrected chi connectivity index (χ3v) is 5.63. The van der Waals surface area contributed by atoms with Crippen LogP contribution in [0.1, 0.15) is 19.8 Å². The predicted octanol–water partition coefficient (Wildman–Crippen LogP) is 3.87. The Bertz CT molecular complexity index is 982. The van der Waals surface area contributed by atoms with Crippen molar-refractivity contribution in [2.45, 2.75) is 19.8 Å². The molecule has 8 heteroatoms. The van der Waals surface area contributed by atoms with Crippen molar-refractivity contribution in [3.8, 4) is 11.3 Å². The van der Waals surface area contributed by atoms with Crippen LogP contribution in [0.3, 0.4) is 0 Å². The Balaban J connectivity index is 1.57. The van der Waals surface area contributed by atoms with E-state index in [1.54, 1.807) is 11.8 Å². The fourth-order valence-electron chi connectivity index (χ4n) is 3.49. The third kappa shape index (κ3) is 3.60. The summed E-state index contributed by atoms with van der Waals surface area (Å²) < 4.78 is 6.98. The highest BCUT2D eigenvalue weighted by molar-refractivity contribution is 7.15. The molecule has 2 aromatic heterocycles. The lowest BCUT2D eigenvalue weighted by Crippen LogP contribution is -2.44. The lowest BCUT2D eigenvalue weighted by atomic mass is 9.97. The number of hydrogen-bond donors (Lipinski definition) is 1. The van der Waals surface area contributed by atoms with E-state index < -0.39 is 0 Å². The van der Waals surface area contributed by atoms with Crippen molar-refractivity contribution in [2.75, 3.05) is 25.0 Å². The van der Waals surface area contributed by atoms with Gasteiger partial charge in [-0.1, -0.05) is 30.3 Å². The van der Waals surface area contributed by atoms with Gasteiger partial charge in [-0.2, -0.15) is 0 Å². The van der Waals surface area contributed by atoms with Gasteiger partial charge in [-0.15, -0.1) is 11.3 Å². The number of carbonyl (C=O) groups excluding carboxylic acids is 2. The summed E-state index contributed by atoms with van der Waals surface area (Å²) in [5, 5.41) is 5.01. The molecular formula is C20H22N4O3S. The van der Waals surface area contributed by atoms with Gasteiger partial charge in [0.25, 0.3) is 0 Å². The molecule has 146 valence electrons. The van der Waals surface area contributed by atoms with Gasteiger partial charge in [0.2, 0.25) is 5.91 Å². The number of rotatable bonds is 4. The standard InChI is InChI=1S/C20H22N4O3S/c1-2-27-20(26)23-10-6-9-15(13-23)18(25)22-17-16(14-7-4-3-5-8-14)21-19-24(17)11-12-28-19/h3-5,7-8,11-12,15H,2,6,9-10,13H2,1H3,(H,22,25)/t15-/m1/s1. The molecule has 1 fully saturated rings. The van der Waals surface area contributed by atoms with Gasteiger partial charge in [0, 0.05) is 30.2 Å². The van der Waals surface area contributed by atoms with Gasteiger partial charge in [0.15, 0.2) is 4.96 Å². The van der Waals surface area contributed by atoms with Crippen LogP contribution >= 0.6 is 11.3 Å². The number of likely N-dealkylation sites (tertiary alicyclic amines) is 1. The first kappa shape index (κ1) is 18.5. The highest BCUT2D eigenvalue weighted by atomic mass is 32.1. The van der Waals surface area contributed by atoms with Crippen LogP contribution in [0.5, 0.6) is 0 Å². The van der Waals surface area contributed by atoms with Crippen LogP contribution < -0.4 is 5.32 Å². The van der Waals surface area contributed by atoms with Gasteiger partial charge >= 0.3 is 6.09 Å². The molecule has 1 N–H and O–H groups in total. The van der Waals surface area contributed by atoms with E-state index in [0.29, 0.717) is 25.5 Å². The monoisotopic (exact) mass is 398 g/mol. The zero-order valence-corrected chi connectivity index (χ0v) is 16.4. The Morgan fingerprint density at radius 3 is 2.93 bits per heavy atom. The maximum atomic E-state index is 13.0. The number of nitrogens with one attached hydrogen (secondary N) is 1. The molecule has 4 rings (SSSR count). The van der Waals surface area contributed by atoms with Gasteiger partial charge in [-0.05, 0) is 19.8 Å². The highest BCUT2D eigenvalue weighted by Gasteiger charge is 2.30. The summed E-state index contributed by atoms with van der Waals surface area (Å²) in [6.07, 6.45) is 3.08. The van der Waals surface area contributed by atoms with E-state index in [4.69, 9.17) is 9.72 Å². The van der Waals surface area contributed by atoms with Gasteiger partial charge < -0.3 is 15.0 Å². The van der Waals surface area contributed by atoms with Crippen molar-refractivity contribution in [3.05, 3.63) is 41.9 Å². The molecule has 1 aliphatic heterocycles. The maximum absolute atomic E-state index is 13.0. The van der Waals surface area contributed by atoms with Gasteiger partial charge in [-0.3, -0.25) is 9.20 Å². The van der Waals surface area contributed by atoms with Gasteiger partial charge in [0.1, 0.15) is 11.5 Å². The summed E-state index contributed by atoms with van der Waals surface area (Å²) in [6.45, 7) is 3.11. The topological polar surface area (TPSA) is 75.9 Å². The van der Waals surface area contributed by atoms with Crippen LogP contribution in [0.4, 0.5) is 10.6 Å². The summed E-state index contributed by atoms with van der Waals surface area (Å²) in [6, 6.07) is 9.81. The number of anilines is 1. The van der Waals surface area contributed by atoms with Crippen molar-refractivity contribution >= 4 is 34.1 Å². The van der Waals surface area contributed by atoms with E-state index in [2.05, 4.69) is 5.32 Å². The molecule has 1 atom stereocenters. The minimum absolute atomic E-state index is 0.0980. The SMILES string of the molecule is CCOC(=O)N1CCC[C@@H](C(=O)Nc2c(-c3ccccc3)nc3sccn23)C1. The Morgan fingerprint density at radius 2 is 2.14 bits per heavy atom. The minimum atomic E-state index is -0.352. The van der Waals surface area contributed by atoms with Crippen LogP contribution in [0, 0.1) is 5.92 Å². The number of aromatic nitrogens is 2. The molecule has 0 spiro atoms. The second kappa shape index (κ2) is 8.02. The quantitative estimate of drug-likeness (QED) is 0.724. The van der Waals surface area contributed by atoms with Crippen molar-refractivity contribution < 1.29 is 14.3 Å². The van der Waals surface area contributed by atoms with E-state index in [0.717, 1.165) is 29.1 Å². The smallest absolute Gasteiger partial charge is 0.409 e. The van der Waals surface area contributed by atoms with Gasteiger partial charge in [0.05, 0.1) is 12.5 Å². The largest absolute Gasteiger partial charge is 0.450 e. The summed E-state index contributed by atoms with van der Waals surface area (Å²) in [7, 11) is 0. The van der Waals surface area contributed by atoms with Crippen molar-refractivity contribution in [1.29, 1.82) is 0 Å². The molecule has 3 heterocycles. The third-order valence-electron chi connectivity index (χ3n) is 4.87. The molecule has 0 unspecified atom stereocenters. The molecular weight excluding hydrogens is 376 g/mol. The number of nitrogens with zero attached hydrogens (tertiary/aromatic N) is 3. The van der Waals surface area contributed by atoms with E-state index in [1.807, 2.05) is 46.3 Å². The lowest BCUT2D eigenvalue weighted by Gasteiger charge is -2.31. The number of hydrogen-bond acceptors (Lipinski definition) is 5. The molecule has 0 aliphatic carbocycles. The number of benzene rings is 1. The average molecular weight is 398 g/mol. The fraction of sp³-hybridized carbons (Fsp3) is 0.350. The van der Waals surface area contributed by atoms with Crippen LogP contribution in [0.2, 0.25) is 0 Å². The molecule has 1 saturated heterocycles. The highest BCUT2D eigenvalue weighted by Crippen LogP contribution is 2.31. The molecule has 1 aliphatic rings. The molecule has 1 aromatic carbocycles. The molecule has 28 heavy (non-hydrogen) atoms. The minimum Gasteiger partial charge on any atom is -0.450 e. The first-order valence-corrected chi connectivity index (χ1v) is 10.3. The summed E-state index contributed by atoms with van der Waals surface area (Å²) >= 11 is 1.52. The normalized spacial score (nSPS) is 16.9. The Kier molecular flexibility index (Phi) is 5.29. The predicted molar refractivity (Wildman–Crippen MR) is 108 cm³/mol. The maximum Gasteiger partial charge on any atom is 0.409 e. The number of imidazole rings is 1. The first-order chi connectivity index (χ1) is 13.7. The molecule has 0 saturated carbocycles. The zero-order valence-electron chi connectivity index (χ0n) is 15.6. The molecule has 7 nitrogen and oxygen atoms in total. The number of ether oxygens (including phenoxy) is 1.